The van der Waals surface area contributed by atoms with Crippen LogP contribution in [0.1, 0.15) is 21.6 Å². The molecule has 3 N–H and O–H groups in total. The van der Waals surface area contributed by atoms with Gasteiger partial charge in [-0.25, -0.2) is 19.8 Å². The molecule has 31 heavy (non-hydrogen) atoms. The molecule has 0 saturated heterocycles. The summed E-state index contributed by atoms with van der Waals surface area (Å²) < 4.78 is 13.0. The predicted octanol–water partition coefficient (Wildman–Crippen LogP) is 2.76. The Hall–Kier alpha value is -4.40. The summed E-state index contributed by atoms with van der Waals surface area (Å²) in [6, 6.07) is 15.7. The van der Waals surface area contributed by atoms with Gasteiger partial charge in [-0.05, 0) is 42.8 Å². The fourth-order valence-electron chi connectivity index (χ4n) is 2.37. The van der Waals surface area contributed by atoms with Crippen molar-refractivity contribution in [2.24, 2.45) is 5.10 Å². The summed E-state index contributed by atoms with van der Waals surface area (Å²) in [4.78, 5) is 33.3. The number of hydrogen-bond acceptors (Lipinski definition) is 6. The third-order valence-electron chi connectivity index (χ3n) is 3.92. The van der Waals surface area contributed by atoms with Gasteiger partial charge in [0.25, 0.3) is 11.8 Å². The van der Waals surface area contributed by atoms with E-state index in [9.17, 15) is 14.0 Å². The highest BCUT2D eigenvalue weighted by Crippen LogP contribution is 2.04. The summed E-state index contributed by atoms with van der Waals surface area (Å²) in [5.41, 5.74) is 3.92. The van der Waals surface area contributed by atoms with Crippen LogP contribution in [0.2, 0.25) is 0 Å². The first kappa shape index (κ1) is 21.3. The Morgan fingerprint density at radius 2 is 1.77 bits per heavy atom. The molecule has 0 aliphatic heterocycles. The zero-order chi connectivity index (χ0) is 22.1. The lowest BCUT2D eigenvalue weighted by atomic mass is 10.2. The van der Waals surface area contributed by atoms with Crippen molar-refractivity contribution in [3.63, 3.8) is 0 Å². The van der Waals surface area contributed by atoms with Crippen LogP contribution in [0.4, 0.5) is 10.3 Å². The molecule has 0 unspecified atom stereocenters. The van der Waals surface area contributed by atoms with E-state index in [-0.39, 0.29) is 17.5 Å². The maximum Gasteiger partial charge on any atom is 0.289 e. The second-order valence-electron chi connectivity index (χ2n) is 6.29. The number of nitrogens with zero attached hydrogens (tertiary/aromatic N) is 3. The van der Waals surface area contributed by atoms with Crippen LogP contribution in [-0.2, 0) is 4.79 Å². The first-order valence-electron chi connectivity index (χ1n) is 9.23. The fourth-order valence-corrected chi connectivity index (χ4v) is 2.37. The van der Waals surface area contributed by atoms with Crippen molar-refractivity contribution < 1.29 is 14.0 Å². The first-order valence-corrected chi connectivity index (χ1v) is 9.23. The lowest BCUT2D eigenvalue weighted by Gasteiger charge is -2.09. The smallest absolute Gasteiger partial charge is 0.289 e. The number of anilines is 1. The van der Waals surface area contributed by atoms with E-state index in [1.807, 2.05) is 0 Å². The Balaban J connectivity index is 1.74. The molecule has 0 radical (unpaired) electrons. The number of carbonyl (C=O) groups excluding carboxylic acids is 2. The van der Waals surface area contributed by atoms with Crippen molar-refractivity contribution in [2.45, 2.75) is 6.92 Å². The van der Waals surface area contributed by atoms with E-state index in [2.05, 4.69) is 31.1 Å². The molecule has 2 aromatic carbocycles. The third kappa shape index (κ3) is 6.57. The molecule has 1 aromatic heterocycles. The lowest BCUT2D eigenvalue weighted by molar-refractivity contribution is -0.117. The van der Waals surface area contributed by atoms with Gasteiger partial charge in [0, 0.05) is 23.7 Å². The normalized spacial score (nSPS) is 11.2. The Kier molecular flexibility index (Phi) is 7.15. The Morgan fingerprint density at radius 1 is 1.03 bits per heavy atom. The average molecular weight is 418 g/mol. The van der Waals surface area contributed by atoms with Gasteiger partial charge in [0.05, 0.1) is 6.21 Å². The van der Waals surface area contributed by atoms with Gasteiger partial charge in [0.1, 0.15) is 11.5 Å². The van der Waals surface area contributed by atoms with E-state index in [1.54, 1.807) is 49.5 Å². The fraction of sp³-hybridized carbons (Fsp3) is 0.0455. The molecule has 156 valence electrons. The SMILES string of the molecule is Cc1ccnc(N/C=C(/NC(=O)c2ccccc2)C(=O)N/N=C/c2ccc(F)cc2)n1. The summed E-state index contributed by atoms with van der Waals surface area (Å²) >= 11 is 0. The second kappa shape index (κ2) is 10.4. The summed E-state index contributed by atoms with van der Waals surface area (Å²) in [7, 11) is 0. The number of rotatable bonds is 7. The molecule has 0 bridgehead atoms. The molecule has 0 spiro atoms. The molecule has 0 atom stereocenters. The van der Waals surface area contributed by atoms with Crippen molar-refractivity contribution in [1.82, 2.24) is 20.7 Å². The molecule has 8 nitrogen and oxygen atoms in total. The zero-order valence-corrected chi connectivity index (χ0v) is 16.5. The first-order chi connectivity index (χ1) is 15.0. The molecule has 0 aliphatic rings. The van der Waals surface area contributed by atoms with Crippen molar-refractivity contribution in [3.05, 3.63) is 101 Å². The molecular formula is C22H19FN6O2. The molecule has 1 heterocycles. The van der Waals surface area contributed by atoms with E-state index >= 15 is 0 Å². The largest absolute Gasteiger partial charge is 0.328 e. The topological polar surface area (TPSA) is 108 Å². The van der Waals surface area contributed by atoms with Gasteiger partial charge in [-0.15, -0.1) is 0 Å². The van der Waals surface area contributed by atoms with E-state index in [0.29, 0.717) is 11.1 Å². The van der Waals surface area contributed by atoms with Gasteiger partial charge >= 0.3 is 0 Å². The Labute approximate surface area is 177 Å². The maximum absolute atomic E-state index is 13.0. The number of aromatic nitrogens is 2. The number of benzene rings is 2. The summed E-state index contributed by atoms with van der Waals surface area (Å²) in [6.45, 7) is 1.80. The molecule has 3 aromatic rings. The van der Waals surface area contributed by atoms with E-state index in [1.165, 1.54) is 36.7 Å². The number of hydrazone groups is 1. The number of amides is 2. The van der Waals surface area contributed by atoms with Crippen LogP contribution in [0, 0.1) is 12.7 Å². The van der Waals surface area contributed by atoms with Gasteiger partial charge in [-0.1, -0.05) is 30.3 Å². The lowest BCUT2D eigenvalue weighted by Crippen LogP contribution is -2.33. The molecule has 0 fully saturated rings. The molecule has 2 amide bonds. The van der Waals surface area contributed by atoms with Crippen molar-refractivity contribution in [3.8, 4) is 0 Å². The highest BCUT2D eigenvalue weighted by Gasteiger charge is 2.14. The number of aryl methyl sites for hydroxylation is 1. The molecule has 3 rings (SSSR count). The maximum atomic E-state index is 13.0. The molecular weight excluding hydrogens is 399 g/mol. The Morgan fingerprint density at radius 3 is 2.48 bits per heavy atom. The summed E-state index contributed by atoms with van der Waals surface area (Å²) in [5, 5.41) is 9.17. The van der Waals surface area contributed by atoms with Crippen LogP contribution in [0.15, 0.2) is 83.9 Å². The van der Waals surface area contributed by atoms with E-state index in [0.717, 1.165) is 5.69 Å². The van der Waals surface area contributed by atoms with Gasteiger partial charge < -0.3 is 10.6 Å². The van der Waals surface area contributed by atoms with Gasteiger partial charge in [-0.2, -0.15) is 5.10 Å². The molecule has 9 heteroatoms. The van der Waals surface area contributed by atoms with Gasteiger partial charge in [0.2, 0.25) is 5.95 Å². The summed E-state index contributed by atoms with van der Waals surface area (Å²) in [5.74, 6) is -1.27. The van der Waals surface area contributed by atoms with Crippen LogP contribution in [0.3, 0.4) is 0 Å². The van der Waals surface area contributed by atoms with Gasteiger partial charge in [-0.3, -0.25) is 9.59 Å². The van der Waals surface area contributed by atoms with Crippen molar-refractivity contribution in [2.75, 3.05) is 5.32 Å². The molecule has 0 saturated carbocycles. The second-order valence-corrected chi connectivity index (χ2v) is 6.29. The summed E-state index contributed by atoms with van der Waals surface area (Å²) in [6.07, 6.45) is 4.19. The van der Waals surface area contributed by atoms with Crippen LogP contribution in [0.5, 0.6) is 0 Å². The number of halogens is 1. The number of nitrogens with one attached hydrogen (secondary N) is 3. The minimum atomic E-state index is -0.678. The average Bonchev–Trinajstić information content (AvgIpc) is 2.78. The zero-order valence-electron chi connectivity index (χ0n) is 16.5. The van der Waals surface area contributed by atoms with E-state index < -0.39 is 11.8 Å². The van der Waals surface area contributed by atoms with Crippen molar-refractivity contribution >= 4 is 24.0 Å². The highest BCUT2D eigenvalue weighted by molar-refractivity contribution is 6.03. The van der Waals surface area contributed by atoms with Crippen LogP contribution in [0.25, 0.3) is 0 Å². The standard InChI is InChI=1S/C22H19FN6O2/c1-15-11-12-24-22(27-15)25-14-19(28-20(30)17-5-3-2-4-6-17)21(31)29-26-13-16-7-9-18(23)10-8-16/h2-14H,1H3,(H,28,30)(H,29,31)(H,24,25,27)/b19-14+,26-13+. The quantitative estimate of drug-likeness (QED) is 0.311. The minimum absolute atomic E-state index is 0.102. The Bertz CT molecular complexity index is 1110. The monoisotopic (exact) mass is 418 g/mol. The number of hydrogen-bond donors (Lipinski definition) is 3. The van der Waals surface area contributed by atoms with Crippen LogP contribution < -0.4 is 16.1 Å². The van der Waals surface area contributed by atoms with Crippen LogP contribution >= 0.6 is 0 Å². The van der Waals surface area contributed by atoms with E-state index in [4.69, 9.17) is 0 Å². The predicted molar refractivity (Wildman–Crippen MR) is 115 cm³/mol. The van der Waals surface area contributed by atoms with Crippen LogP contribution in [-0.4, -0.2) is 28.0 Å². The minimum Gasteiger partial charge on any atom is -0.328 e. The highest BCUT2D eigenvalue weighted by atomic mass is 19.1. The third-order valence-corrected chi connectivity index (χ3v) is 3.92. The van der Waals surface area contributed by atoms with Gasteiger partial charge in [0.15, 0.2) is 0 Å². The molecule has 0 aliphatic carbocycles. The number of carbonyl (C=O) groups is 2. The van der Waals surface area contributed by atoms with Crippen molar-refractivity contribution in [1.29, 1.82) is 0 Å².